The Kier molecular flexibility index (Phi) is 5.86. The second-order valence-corrected chi connectivity index (χ2v) is 9.18. The monoisotopic (exact) mass is 489 g/mol. The zero-order valence-electron chi connectivity index (χ0n) is 19.2. The standard InChI is InChI=1S/C26H23N3O5S/c1-33-18-13-11-17(12-14-18)29-24(31)16-35-26(29)19-7-3-5-9-21(19)28(25(26)32)15-23(30)27-20-8-4-6-10-22(20)34-2/h3-14H,15-16H2,1-2H3,(H,27,30)/t26-/m1/s1. The number of amides is 3. The normalized spacial score (nSPS) is 18.7. The smallest absolute Gasteiger partial charge is 0.269 e. The minimum Gasteiger partial charge on any atom is -0.497 e. The van der Waals surface area contributed by atoms with Crippen LogP contribution in [0.25, 0.3) is 0 Å². The third kappa shape index (κ3) is 3.68. The Morgan fingerprint density at radius 3 is 2.43 bits per heavy atom. The number of thioether (sulfide) groups is 1. The number of ether oxygens (including phenoxy) is 2. The molecule has 0 radical (unpaired) electrons. The molecule has 1 saturated heterocycles. The number of carbonyl (C=O) groups is 3. The van der Waals surface area contributed by atoms with Crippen LogP contribution < -0.4 is 24.6 Å². The maximum atomic E-state index is 14.0. The first kappa shape index (κ1) is 22.8. The number of fused-ring (bicyclic) bond motifs is 2. The maximum Gasteiger partial charge on any atom is 0.269 e. The third-order valence-electron chi connectivity index (χ3n) is 6.08. The number of hydrogen-bond donors (Lipinski definition) is 1. The number of anilines is 3. The Hall–Kier alpha value is -3.98. The number of benzene rings is 3. The molecule has 0 saturated carbocycles. The Bertz CT molecular complexity index is 1310. The maximum absolute atomic E-state index is 14.0. The van der Waals surface area contributed by atoms with Gasteiger partial charge in [-0.1, -0.05) is 30.3 Å². The van der Waals surface area contributed by atoms with Crippen LogP contribution in [0.5, 0.6) is 11.5 Å². The van der Waals surface area contributed by atoms with Crippen LogP contribution in [0, 0.1) is 0 Å². The summed E-state index contributed by atoms with van der Waals surface area (Å²) in [6, 6.07) is 21.4. The molecule has 1 N–H and O–H groups in total. The zero-order chi connectivity index (χ0) is 24.6. The van der Waals surface area contributed by atoms with Crippen LogP contribution in [0.1, 0.15) is 5.56 Å². The summed E-state index contributed by atoms with van der Waals surface area (Å²) < 4.78 is 10.6. The minimum atomic E-state index is -1.28. The fourth-order valence-electron chi connectivity index (χ4n) is 4.52. The van der Waals surface area contributed by atoms with Crippen LogP contribution in [0.3, 0.4) is 0 Å². The van der Waals surface area contributed by atoms with Gasteiger partial charge >= 0.3 is 0 Å². The summed E-state index contributed by atoms with van der Waals surface area (Å²) in [5.41, 5.74) is 2.39. The Morgan fingerprint density at radius 2 is 1.69 bits per heavy atom. The average molecular weight is 490 g/mol. The molecule has 35 heavy (non-hydrogen) atoms. The SMILES string of the molecule is COc1ccc(N2C(=O)CS[C@]23C(=O)N(CC(=O)Nc2ccccc2OC)c2ccccc23)cc1. The van der Waals surface area contributed by atoms with Crippen molar-refractivity contribution in [1.29, 1.82) is 0 Å². The molecule has 3 aromatic rings. The van der Waals surface area contributed by atoms with Gasteiger partial charge < -0.3 is 14.8 Å². The van der Waals surface area contributed by atoms with Crippen molar-refractivity contribution in [2.75, 3.05) is 41.6 Å². The molecule has 1 spiro atoms. The molecule has 9 heteroatoms. The lowest BCUT2D eigenvalue weighted by atomic mass is 10.0. The van der Waals surface area contributed by atoms with E-state index in [-0.39, 0.29) is 30.0 Å². The highest BCUT2D eigenvalue weighted by atomic mass is 32.2. The first-order valence-corrected chi connectivity index (χ1v) is 11.9. The van der Waals surface area contributed by atoms with E-state index < -0.39 is 4.87 Å². The largest absolute Gasteiger partial charge is 0.497 e. The second-order valence-electron chi connectivity index (χ2n) is 8.02. The van der Waals surface area contributed by atoms with Crippen LogP contribution in [-0.4, -0.2) is 44.2 Å². The molecular formula is C26H23N3O5S. The van der Waals surface area contributed by atoms with Crippen molar-refractivity contribution >= 4 is 46.5 Å². The molecule has 1 atom stereocenters. The zero-order valence-corrected chi connectivity index (χ0v) is 20.0. The summed E-state index contributed by atoms with van der Waals surface area (Å²) in [5.74, 6) is 0.431. The number of nitrogens with one attached hydrogen (secondary N) is 1. The Labute approximate surface area is 206 Å². The predicted octanol–water partition coefficient (Wildman–Crippen LogP) is 3.62. The molecule has 3 amide bonds. The quantitative estimate of drug-likeness (QED) is 0.569. The number of hydrogen-bond acceptors (Lipinski definition) is 6. The topological polar surface area (TPSA) is 88.2 Å². The van der Waals surface area contributed by atoms with Crippen molar-refractivity contribution in [2.45, 2.75) is 4.87 Å². The molecule has 0 aromatic heterocycles. The number of methoxy groups -OCH3 is 2. The molecule has 2 aliphatic rings. The van der Waals surface area contributed by atoms with Gasteiger partial charge in [0.05, 0.1) is 31.3 Å². The fraction of sp³-hybridized carbons (Fsp3) is 0.192. The van der Waals surface area contributed by atoms with E-state index in [4.69, 9.17) is 9.47 Å². The molecule has 5 rings (SSSR count). The lowest BCUT2D eigenvalue weighted by Crippen LogP contribution is -2.50. The van der Waals surface area contributed by atoms with Crippen LogP contribution in [-0.2, 0) is 19.3 Å². The number of nitrogens with zero attached hydrogens (tertiary/aromatic N) is 2. The van der Waals surface area contributed by atoms with E-state index in [9.17, 15) is 14.4 Å². The van der Waals surface area contributed by atoms with Crippen molar-refractivity contribution in [2.24, 2.45) is 0 Å². The van der Waals surface area contributed by atoms with Crippen LogP contribution in [0.4, 0.5) is 17.1 Å². The van der Waals surface area contributed by atoms with Gasteiger partial charge in [0.1, 0.15) is 18.0 Å². The predicted molar refractivity (Wildman–Crippen MR) is 135 cm³/mol. The lowest BCUT2D eigenvalue weighted by Gasteiger charge is -2.33. The van der Waals surface area contributed by atoms with Crippen LogP contribution in [0.15, 0.2) is 72.8 Å². The molecule has 2 heterocycles. The molecule has 178 valence electrons. The number of para-hydroxylation sites is 3. The summed E-state index contributed by atoms with van der Waals surface area (Å²) in [6.07, 6.45) is 0. The van der Waals surface area contributed by atoms with Gasteiger partial charge in [-0.05, 0) is 42.5 Å². The number of carbonyl (C=O) groups excluding carboxylic acids is 3. The van der Waals surface area contributed by atoms with Crippen molar-refractivity contribution in [3.63, 3.8) is 0 Å². The van der Waals surface area contributed by atoms with Crippen molar-refractivity contribution in [3.8, 4) is 11.5 Å². The molecule has 8 nitrogen and oxygen atoms in total. The molecule has 0 bridgehead atoms. The van der Waals surface area contributed by atoms with E-state index >= 15 is 0 Å². The van der Waals surface area contributed by atoms with Gasteiger partial charge in [0.15, 0.2) is 0 Å². The van der Waals surface area contributed by atoms with E-state index in [0.717, 1.165) is 0 Å². The molecule has 0 unspecified atom stereocenters. The molecule has 2 aliphatic heterocycles. The van der Waals surface area contributed by atoms with Gasteiger partial charge in [0.25, 0.3) is 5.91 Å². The highest BCUT2D eigenvalue weighted by Gasteiger charge is 2.61. The third-order valence-corrected chi connectivity index (χ3v) is 7.46. The van der Waals surface area contributed by atoms with Gasteiger partial charge in [-0.3, -0.25) is 24.2 Å². The van der Waals surface area contributed by atoms with Crippen molar-refractivity contribution in [1.82, 2.24) is 0 Å². The van der Waals surface area contributed by atoms with Gasteiger partial charge in [-0.25, -0.2) is 0 Å². The van der Waals surface area contributed by atoms with Crippen LogP contribution in [0.2, 0.25) is 0 Å². The first-order chi connectivity index (χ1) is 17.0. The highest BCUT2D eigenvalue weighted by Crippen LogP contribution is 2.55. The summed E-state index contributed by atoms with van der Waals surface area (Å²) in [4.78, 5) is 41.8. The van der Waals surface area contributed by atoms with Gasteiger partial charge in [-0.2, -0.15) is 0 Å². The molecular weight excluding hydrogens is 466 g/mol. The lowest BCUT2D eigenvalue weighted by molar-refractivity contribution is -0.124. The van der Waals surface area contributed by atoms with E-state index in [2.05, 4.69) is 5.32 Å². The van der Waals surface area contributed by atoms with Gasteiger partial charge in [-0.15, -0.1) is 11.8 Å². The second kappa shape index (κ2) is 8.99. The van der Waals surface area contributed by atoms with E-state index in [1.54, 1.807) is 61.7 Å². The van der Waals surface area contributed by atoms with Crippen molar-refractivity contribution < 1.29 is 23.9 Å². The van der Waals surface area contributed by atoms with E-state index in [1.807, 2.05) is 18.2 Å². The molecule has 1 fully saturated rings. The highest BCUT2D eigenvalue weighted by molar-refractivity contribution is 8.02. The first-order valence-electron chi connectivity index (χ1n) is 10.9. The molecule has 0 aliphatic carbocycles. The van der Waals surface area contributed by atoms with Gasteiger partial charge in [0.2, 0.25) is 16.7 Å². The number of rotatable bonds is 6. The average Bonchev–Trinajstić information content (AvgIpc) is 3.35. The summed E-state index contributed by atoms with van der Waals surface area (Å²) in [7, 11) is 3.09. The minimum absolute atomic E-state index is 0.146. The van der Waals surface area contributed by atoms with E-state index in [0.29, 0.717) is 34.1 Å². The van der Waals surface area contributed by atoms with E-state index in [1.165, 1.54) is 28.7 Å². The summed E-state index contributed by atoms with van der Waals surface area (Å²) >= 11 is 1.27. The summed E-state index contributed by atoms with van der Waals surface area (Å²) in [5, 5.41) is 2.82. The fourth-order valence-corrected chi connectivity index (χ4v) is 5.88. The summed E-state index contributed by atoms with van der Waals surface area (Å²) in [6.45, 7) is -0.207. The van der Waals surface area contributed by atoms with Crippen LogP contribution >= 0.6 is 11.8 Å². The Balaban J connectivity index is 1.50. The van der Waals surface area contributed by atoms with Crippen molar-refractivity contribution in [3.05, 3.63) is 78.4 Å². The Morgan fingerprint density at radius 1 is 0.971 bits per heavy atom. The van der Waals surface area contributed by atoms with Gasteiger partial charge in [0, 0.05) is 11.3 Å². The molecule has 3 aromatic carbocycles.